The number of hydrogen-bond acceptors (Lipinski definition) is 5. The van der Waals surface area contributed by atoms with Crippen molar-refractivity contribution in [2.45, 2.75) is 0 Å². The first-order valence-electron chi connectivity index (χ1n) is 7.02. The van der Waals surface area contributed by atoms with E-state index in [1.54, 1.807) is 30.3 Å². The molecule has 2 aromatic rings. The lowest BCUT2D eigenvalue weighted by Crippen LogP contribution is -2.17. The highest BCUT2D eigenvalue weighted by molar-refractivity contribution is 5.95. The number of carbonyl (C=O) groups is 1. The molecule has 0 heterocycles. The van der Waals surface area contributed by atoms with Gasteiger partial charge in [-0.2, -0.15) is 5.10 Å². The van der Waals surface area contributed by atoms with Crippen molar-refractivity contribution in [2.75, 3.05) is 6.61 Å². The summed E-state index contributed by atoms with van der Waals surface area (Å²) < 4.78 is 5.36. The van der Waals surface area contributed by atoms with Gasteiger partial charge in [0.1, 0.15) is 12.4 Å². The molecule has 0 aromatic heterocycles. The van der Waals surface area contributed by atoms with Crippen LogP contribution < -0.4 is 10.2 Å². The lowest BCUT2D eigenvalue weighted by Gasteiger charge is -2.02. The van der Waals surface area contributed by atoms with Crippen molar-refractivity contribution in [3.8, 4) is 5.75 Å². The highest BCUT2D eigenvalue weighted by Crippen LogP contribution is 2.12. The Bertz CT molecular complexity index is 752. The number of hydrazone groups is 1. The van der Waals surface area contributed by atoms with E-state index in [0.29, 0.717) is 12.4 Å². The third-order valence-corrected chi connectivity index (χ3v) is 2.97. The molecule has 2 aromatic carbocycles. The number of ether oxygens (including phenoxy) is 1. The Kier molecular flexibility index (Phi) is 5.79. The molecule has 0 aliphatic carbocycles. The van der Waals surface area contributed by atoms with Crippen LogP contribution in [0.1, 0.15) is 15.9 Å². The zero-order valence-electron chi connectivity index (χ0n) is 12.7. The number of nitrogens with one attached hydrogen (secondary N) is 1. The Morgan fingerprint density at radius 3 is 2.46 bits per heavy atom. The second kappa shape index (κ2) is 8.23. The van der Waals surface area contributed by atoms with Gasteiger partial charge in [-0.25, -0.2) is 5.43 Å². The second-order valence-electron chi connectivity index (χ2n) is 4.67. The van der Waals surface area contributed by atoms with Crippen molar-refractivity contribution < 1.29 is 14.5 Å². The van der Waals surface area contributed by atoms with Gasteiger partial charge in [0.2, 0.25) is 0 Å². The summed E-state index contributed by atoms with van der Waals surface area (Å²) >= 11 is 0. The number of benzene rings is 2. The van der Waals surface area contributed by atoms with Crippen LogP contribution in [-0.4, -0.2) is 23.7 Å². The van der Waals surface area contributed by atoms with Crippen LogP contribution in [0.2, 0.25) is 0 Å². The van der Waals surface area contributed by atoms with Gasteiger partial charge in [-0.05, 0) is 42.0 Å². The average Bonchev–Trinajstić information content (AvgIpc) is 2.61. The Hall–Kier alpha value is -3.48. The topological polar surface area (TPSA) is 93.8 Å². The summed E-state index contributed by atoms with van der Waals surface area (Å²) in [5.41, 5.74) is 3.35. The molecular formula is C17H15N3O4. The lowest BCUT2D eigenvalue weighted by molar-refractivity contribution is -0.384. The van der Waals surface area contributed by atoms with Crippen LogP contribution in [0, 0.1) is 10.1 Å². The van der Waals surface area contributed by atoms with E-state index in [-0.39, 0.29) is 11.3 Å². The zero-order valence-corrected chi connectivity index (χ0v) is 12.7. The van der Waals surface area contributed by atoms with Crippen LogP contribution in [0.15, 0.2) is 66.3 Å². The molecule has 0 aliphatic rings. The fourth-order valence-corrected chi connectivity index (χ4v) is 1.77. The normalized spacial score (nSPS) is 10.3. The van der Waals surface area contributed by atoms with Crippen LogP contribution in [0.3, 0.4) is 0 Å². The number of rotatable bonds is 7. The molecule has 0 unspecified atom stereocenters. The van der Waals surface area contributed by atoms with Crippen LogP contribution in [0.5, 0.6) is 5.75 Å². The molecule has 0 saturated heterocycles. The molecule has 7 heteroatoms. The quantitative estimate of drug-likeness (QED) is 0.366. The van der Waals surface area contributed by atoms with Gasteiger partial charge in [-0.15, -0.1) is 0 Å². The minimum Gasteiger partial charge on any atom is -0.490 e. The van der Waals surface area contributed by atoms with Crippen molar-refractivity contribution in [3.05, 3.63) is 82.4 Å². The number of nitro groups is 1. The van der Waals surface area contributed by atoms with Gasteiger partial charge in [0.05, 0.1) is 11.1 Å². The third-order valence-electron chi connectivity index (χ3n) is 2.97. The summed E-state index contributed by atoms with van der Waals surface area (Å²) in [7, 11) is 0. The van der Waals surface area contributed by atoms with Gasteiger partial charge in [0.25, 0.3) is 11.6 Å². The Morgan fingerprint density at radius 1 is 1.21 bits per heavy atom. The van der Waals surface area contributed by atoms with Gasteiger partial charge in [-0.1, -0.05) is 12.7 Å². The molecule has 0 saturated carbocycles. The van der Waals surface area contributed by atoms with E-state index in [1.165, 1.54) is 30.5 Å². The van der Waals surface area contributed by atoms with Gasteiger partial charge in [0, 0.05) is 17.7 Å². The number of nitrogens with zero attached hydrogens (tertiary/aromatic N) is 2. The Balaban J connectivity index is 1.91. The molecule has 7 nitrogen and oxygen atoms in total. The summed E-state index contributed by atoms with van der Waals surface area (Å²) in [5, 5.41) is 14.4. The minimum absolute atomic E-state index is 0.0752. The molecule has 0 aliphatic heterocycles. The zero-order chi connectivity index (χ0) is 17.4. The number of amides is 1. The molecule has 1 N–H and O–H groups in total. The standard InChI is InChI=1S/C17H15N3O4/c1-2-11-24-16-9-3-13(4-10-16)12-18-19-17(21)14-5-7-15(8-6-14)20(22)23/h2-10,12H,1,11H2,(H,19,21)/b18-12+. The molecule has 0 bridgehead atoms. The van der Waals surface area contributed by atoms with E-state index in [9.17, 15) is 14.9 Å². The number of nitro benzene ring substituents is 1. The minimum atomic E-state index is -0.526. The number of hydrogen-bond donors (Lipinski definition) is 1. The fourth-order valence-electron chi connectivity index (χ4n) is 1.77. The maximum absolute atomic E-state index is 11.9. The van der Waals surface area contributed by atoms with Crippen LogP contribution in [0.25, 0.3) is 0 Å². The third kappa shape index (κ3) is 4.77. The summed E-state index contributed by atoms with van der Waals surface area (Å²) in [6.45, 7) is 4.00. The number of non-ortho nitro benzene ring substituents is 1. The molecule has 1 amide bonds. The van der Waals surface area contributed by atoms with Gasteiger partial charge < -0.3 is 4.74 Å². The van der Waals surface area contributed by atoms with Crippen LogP contribution in [-0.2, 0) is 0 Å². The van der Waals surface area contributed by atoms with E-state index in [4.69, 9.17) is 4.74 Å². The maximum atomic E-state index is 11.9. The highest BCUT2D eigenvalue weighted by atomic mass is 16.6. The Morgan fingerprint density at radius 2 is 1.88 bits per heavy atom. The summed E-state index contributed by atoms with van der Waals surface area (Å²) in [6, 6.07) is 12.4. The first-order valence-corrected chi connectivity index (χ1v) is 7.02. The van der Waals surface area contributed by atoms with Crippen LogP contribution in [0.4, 0.5) is 5.69 Å². The van der Waals surface area contributed by atoms with Gasteiger partial charge >= 0.3 is 0 Å². The summed E-state index contributed by atoms with van der Waals surface area (Å²) in [5.74, 6) is 0.258. The van der Waals surface area contributed by atoms with E-state index < -0.39 is 10.8 Å². The molecule has 0 fully saturated rings. The van der Waals surface area contributed by atoms with Crippen molar-refractivity contribution in [3.63, 3.8) is 0 Å². The predicted octanol–water partition coefficient (Wildman–Crippen LogP) is 2.92. The smallest absolute Gasteiger partial charge is 0.271 e. The molecular weight excluding hydrogens is 310 g/mol. The van der Waals surface area contributed by atoms with Crippen molar-refractivity contribution in [1.29, 1.82) is 0 Å². The fraction of sp³-hybridized carbons (Fsp3) is 0.0588. The predicted molar refractivity (Wildman–Crippen MR) is 90.3 cm³/mol. The summed E-state index contributed by atoms with van der Waals surface area (Å²) in [4.78, 5) is 21.9. The van der Waals surface area contributed by atoms with E-state index in [2.05, 4.69) is 17.1 Å². The maximum Gasteiger partial charge on any atom is 0.271 e. The van der Waals surface area contributed by atoms with E-state index in [1.807, 2.05) is 0 Å². The molecule has 0 radical (unpaired) electrons. The average molecular weight is 325 g/mol. The molecule has 122 valence electrons. The Labute approximate surface area is 138 Å². The van der Waals surface area contributed by atoms with Gasteiger partial charge in [-0.3, -0.25) is 14.9 Å². The molecule has 2 rings (SSSR count). The van der Waals surface area contributed by atoms with Crippen LogP contribution >= 0.6 is 0 Å². The van der Waals surface area contributed by atoms with E-state index >= 15 is 0 Å². The van der Waals surface area contributed by atoms with Crippen molar-refractivity contribution in [1.82, 2.24) is 5.43 Å². The number of carbonyl (C=O) groups excluding carboxylic acids is 1. The monoisotopic (exact) mass is 325 g/mol. The molecule has 0 spiro atoms. The molecule has 0 atom stereocenters. The SMILES string of the molecule is C=CCOc1ccc(/C=N/NC(=O)c2ccc([N+](=O)[O-])cc2)cc1. The second-order valence-corrected chi connectivity index (χ2v) is 4.67. The largest absolute Gasteiger partial charge is 0.490 e. The molecule has 24 heavy (non-hydrogen) atoms. The first-order chi connectivity index (χ1) is 11.6. The van der Waals surface area contributed by atoms with E-state index in [0.717, 1.165) is 5.56 Å². The summed E-state index contributed by atoms with van der Waals surface area (Å²) in [6.07, 6.45) is 3.14. The highest BCUT2D eigenvalue weighted by Gasteiger charge is 2.08. The van der Waals surface area contributed by atoms with Crippen molar-refractivity contribution >= 4 is 17.8 Å². The first kappa shape index (κ1) is 16.9. The van der Waals surface area contributed by atoms with Crippen molar-refractivity contribution in [2.24, 2.45) is 5.10 Å². The van der Waals surface area contributed by atoms with Gasteiger partial charge in [0.15, 0.2) is 0 Å². The lowest BCUT2D eigenvalue weighted by atomic mass is 10.2.